The summed E-state index contributed by atoms with van der Waals surface area (Å²) in [5.74, 6) is 0. The van der Waals surface area contributed by atoms with Gasteiger partial charge in [-0.25, -0.2) is 0 Å². The molecule has 130 valence electrons. The van der Waals surface area contributed by atoms with Crippen LogP contribution in [0.5, 0.6) is 0 Å². The van der Waals surface area contributed by atoms with Gasteiger partial charge in [0.05, 0.1) is 0 Å². The molecule has 0 amide bonds. The summed E-state index contributed by atoms with van der Waals surface area (Å²) in [4.78, 5) is 2.40. The Labute approximate surface area is 148 Å². The molecule has 9 heteroatoms. The molecule has 1 aliphatic heterocycles. The average Bonchev–Trinajstić information content (AvgIpc) is 2.24. The zero-order valence-electron chi connectivity index (χ0n) is 12.2. The number of rotatable bonds is 0. The lowest BCUT2D eigenvalue weighted by Crippen LogP contribution is -2.35. The first-order valence-electron chi connectivity index (χ1n) is 6.20. The van der Waals surface area contributed by atoms with E-state index in [0.29, 0.717) is 0 Å². The molecule has 20 heavy (non-hydrogen) atoms. The molecule has 1 rings (SSSR count). The Bertz CT molecular complexity index is 146. The lowest BCUT2D eigenvalue weighted by atomic mass is 10.3. The molecule has 0 bridgehead atoms. The summed E-state index contributed by atoms with van der Waals surface area (Å²) in [7, 11) is 2.20. The van der Waals surface area contributed by atoms with E-state index < -0.39 is 0 Å². The van der Waals surface area contributed by atoms with Crippen LogP contribution in [-0.4, -0.2) is 69.8 Å². The number of nitrogens with one attached hydrogen (secondary N) is 3. The summed E-state index contributed by atoms with van der Waals surface area (Å²) in [5, 5.41) is 10.4. The Balaban J connectivity index is -0.000000150. The van der Waals surface area contributed by atoms with Crippen molar-refractivity contribution in [1.82, 2.24) is 20.9 Å². The Kier molecular flexibility index (Phi) is 40.9. The van der Waals surface area contributed by atoms with Crippen LogP contribution < -0.4 is 16.0 Å². The van der Waals surface area contributed by atoms with Crippen LogP contribution in [0.15, 0.2) is 0 Å². The number of nitrogens with zero attached hydrogens (tertiary/aromatic N) is 1. The lowest BCUT2D eigenvalue weighted by Gasteiger charge is -2.17. The van der Waals surface area contributed by atoms with Gasteiger partial charge in [0.1, 0.15) is 0 Å². The minimum Gasteiger partial charge on any atom is -0.412 e. The monoisotopic (exact) mass is 376 g/mol. The van der Waals surface area contributed by atoms with Crippen molar-refractivity contribution >= 4 is 49.6 Å². The van der Waals surface area contributed by atoms with Gasteiger partial charge in [0, 0.05) is 26.2 Å². The van der Waals surface area contributed by atoms with Crippen molar-refractivity contribution in [3.05, 3.63) is 0 Å². The standard InChI is InChI=1S/C11H26N4.4ClH.H2O/c1-15-10-3-6-13-8-7-12-4-2-5-14-9-11-15;;;;;/h12-14H,2-11H2,1H3;4*1H;1H2. The van der Waals surface area contributed by atoms with Gasteiger partial charge in [0.15, 0.2) is 0 Å². The molecular formula is C11H32Cl4N4O. The normalized spacial score (nSPS) is 18.4. The third kappa shape index (κ3) is 21.3. The molecule has 1 saturated heterocycles. The van der Waals surface area contributed by atoms with Crippen molar-refractivity contribution in [2.75, 3.05) is 59.4 Å². The highest BCUT2D eigenvalue weighted by atomic mass is 35.5. The Morgan fingerprint density at radius 3 is 1.60 bits per heavy atom. The fraction of sp³-hybridized carbons (Fsp3) is 1.00. The molecule has 0 aliphatic carbocycles. The van der Waals surface area contributed by atoms with Gasteiger partial charge in [-0.2, -0.15) is 0 Å². The zero-order chi connectivity index (χ0) is 10.8. The number of hydrogen-bond donors (Lipinski definition) is 3. The number of hydrogen-bond acceptors (Lipinski definition) is 4. The molecular weight excluding hydrogens is 346 g/mol. The second-order valence-electron chi connectivity index (χ2n) is 4.26. The summed E-state index contributed by atoms with van der Waals surface area (Å²) in [6, 6.07) is 0. The third-order valence-corrected chi connectivity index (χ3v) is 2.75. The maximum absolute atomic E-state index is 3.47. The van der Waals surface area contributed by atoms with Crippen molar-refractivity contribution in [1.29, 1.82) is 0 Å². The second kappa shape index (κ2) is 24.9. The molecule has 0 saturated carbocycles. The number of likely N-dealkylation sites (N-methyl/N-ethyl adjacent to an activating group) is 1. The summed E-state index contributed by atoms with van der Waals surface area (Å²) in [6.45, 7) is 9.06. The topological polar surface area (TPSA) is 70.8 Å². The molecule has 1 fully saturated rings. The van der Waals surface area contributed by atoms with Crippen molar-refractivity contribution < 1.29 is 5.48 Å². The fourth-order valence-corrected chi connectivity index (χ4v) is 1.75. The molecule has 5 N–H and O–H groups in total. The average molecular weight is 378 g/mol. The van der Waals surface area contributed by atoms with Crippen LogP contribution in [0.3, 0.4) is 0 Å². The van der Waals surface area contributed by atoms with Gasteiger partial charge in [0.2, 0.25) is 0 Å². The van der Waals surface area contributed by atoms with E-state index in [0.717, 1.165) is 45.8 Å². The van der Waals surface area contributed by atoms with Gasteiger partial charge in [-0.1, -0.05) is 0 Å². The molecule has 1 heterocycles. The van der Waals surface area contributed by atoms with E-state index in [9.17, 15) is 0 Å². The first-order valence-corrected chi connectivity index (χ1v) is 6.20. The molecule has 0 spiro atoms. The third-order valence-electron chi connectivity index (χ3n) is 2.75. The molecule has 0 aromatic rings. The molecule has 5 nitrogen and oxygen atoms in total. The van der Waals surface area contributed by atoms with Crippen LogP contribution in [0.1, 0.15) is 12.8 Å². The molecule has 1 aliphatic rings. The Morgan fingerprint density at radius 2 is 1.05 bits per heavy atom. The van der Waals surface area contributed by atoms with E-state index >= 15 is 0 Å². The van der Waals surface area contributed by atoms with Crippen LogP contribution in [0, 0.1) is 0 Å². The summed E-state index contributed by atoms with van der Waals surface area (Å²) < 4.78 is 0. The molecule has 0 radical (unpaired) electrons. The van der Waals surface area contributed by atoms with Gasteiger partial charge in [-0.15, -0.1) is 49.6 Å². The van der Waals surface area contributed by atoms with Gasteiger partial charge in [-0.05, 0) is 46.1 Å². The van der Waals surface area contributed by atoms with Crippen LogP contribution in [0.25, 0.3) is 0 Å². The maximum Gasteiger partial charge on any atom is 0.0104 e. The molecule has 0 atom stereocenters. The van der Waals surface area contributed by atoms with Crippen molar-refractivity contribution in [2.24, 2.45) is 0 Å². The van der Waals surface area contributed by atoms with E-state index in [2.05, 4.69) is 27.9 Å². The predicted molar refractivity (Wildman–Crippen MR) is 97.9 cm³/mol. The van der Waals surface area contributed by atoms with Crippen molar-refractivity contribution in [3.8, 4) is 0 Å². The van der Waals surface area contributed by atoms with E-state index in [1.54, 1.807) is 0 Å². The second-order valence-corrected chi connectivity index (χ2v) is 4.26. The van der Waals surface area contributed by atoms with Crippen LogP contribution >= 0.6 is 49.6 Å². The minimum atomic E-state index is 0. The molecule has 0 aromatic carbocycles. The first kappa shape index (κ1) is 32.8. The summed E-state index contributed by atoms with van der Waals surface area (Å²) >= 11 is 0. The Morgan fingerprint density at radius 1 is 0.600 bits per heavy atom. The zero-order valence-corrected chi connectivity index (χ0v) is 15.4. The smallest absolute Gasteiger partial charge is 0.0104 e. The van der Waals surface area contributed by atoms with Gasteiger partial charge in [-0.3, -0.25) is 0 Å². The Hall–Kier alpha value is 0.960. The van der Waals surface area contributed by atoms with E-state index in [4.69, 9.17) is 0 Å². The lowest BCUT2D eigenvalue weighted by molar-refractivity contribution is 0.323. The van der Waals surface area contributed by atoms with E-state index in [1.165, 1.54) is 19.4 Å². The maximum atomic E-state index is 3.47. The molecule has 0 aromatic heterocycles. The van der Waals surface area contributed by atoms with Crippen LogP contribution in [0.2, 0.25) is 0 Å². The van der Waals surface area contributed by atoms with Crippen molar-refractivity contribution in [3.63, 3.8) is 0 Å². The van der Waals surface area contributed by atoms with Crippen LogP contribution in [0.4, 0.5) is 0 Å². The summed E-state index contributed by atoms with van der Waals surface area (Å²) in [5.41, 5.74) is 0. The van der Waals surface area contributed by atoms with Gasteiger partial charge in [0.25, 0.3) is 0 Å². The highest BCUT2D eigenvalue weighted by Crippen LogP contribution is 1.86. The van der Waals surface area contributed by atoms with E-state index in [-0.39, 0.29) is 55.1 Å². The van der Waals surface area contributed by atoms with Gasteiger partial charge < -0.3 is 26.3 Å². The highest BCUT2D eigenvalue weighted by molar-refractivity contribution is 5.86. The quantitative estimate of drug-likeness (QED) is 0.569. The summed E-state index contributed by atoms with van der Waals surface area (Å²) in [6.07, 6.45) is 2.47. The number of halogens is 4. The minimum absolute atomic E-state index is 0. The SMILES string of the molecule is CN1CCCNCCNCCCNCC1.Cl.Cl.Cl.Cl.O. The van der Waals surface area contributed by atoms with E-state index in [1.807, 2.05) is 0 Å². The van der Waals surface area contributed by atoms with Gasteiger partial charge >= 0.3 is 0 Å². The predicted octanol–water partition coefficient (Wildman–Crippen LogP) is 0.343. The van der Waals surface area contributed by atoms with Crippen molar-refractivity contribution in [2.45, 2.75) is 12.8 Å². The van der Waals surface area contributed by atoms with Crippen LogP contribution in [-0.2, 0) is 0 Å². The first-order chi connectivity index (χ1) is 7.39. The highest BCUT2D eigenvalue weighted by Gasteiger charge is 1.98. The fourth-order valence-electron chi connectivity index (χ4n) is 1.75. The molecule has 0 unspecified atom stereocenters. The largest absolute Gasteiger partial charge is 0.412 e.